The van der Waals surface area contributed by atoms with Crippen molar-refractivity contribution in [2.45, 2.75) is 0 Å². The normalized spacial score (nSPS) is 11.7. The first-order chi connectivity index (χ1) is 29.0. The molecule has 4 aromatic carbocycles. The van der Waals surface area contributed by atoms with Crippen LogP contribution in [-0.4, -0.2) is 59.3 Å². The van der Waals surface area contributed by atoms with Crippen LogP contribution in [0, 0.1) is 0 Å². The van der Waals surface area contributed by atoms with E-state index in [1.165, 1.54) is 48.5 Å². The Hall–Kier alpha value is -8.64. The van der Waals surface area contributed by atoms with Crippen LogP contribution >= 0.6 is 0 Å². The molecule has 5 N–H and O–H groups in total. The number of aromatic carboxylic acids is 4. The summed E-state index contributed by atoms with van der Waals surface area (Å²) in [5.74, 6) is -4.27. The summed E-state index contributed by atoms with van der Waals surface area (Å²) in [7, 11) is 0. The van der Waals surface area contributed by atoms with Crippen LogP contribution in [0.3, 0.4) is 0 Å². The summed E-state index contributed by atoms with van der Waals surface area (Å²) in [5, 5.41) is 38.6. The first-order valence-corrected chi connectivity index (χ1v) is 18.5. The van der Waals surface area contributed by atoms with Gasteiger partial charge in [-0.3, -0.25) is 0 Å². The maximum absolute atomic E-state index is 11.9. The number of aromatic amines is 1. The molecule has 9 rings (SSSR count). The third-order valence-electron chi connectivity index (χ3n) is 10.3. The average molecular weight is 790 g/mol. The SMILES string of the molecule is O=C(O)c1ccc(-c2cc3[n-]c2cc2nc(c(-c4ccc(C(=O)O)cc4)c4ccc([nH]4)c(-c4ccc(C(=O)O)cc4)c4nc(c3-c3ccc(C(=O)O)cc3)C=C4)C=C2)cc1. The maximum atomic E-state index is 11.9. The molecule has 60 heavy (non-hydrogen) atoms. The smallest absolute Gasteiger partial charge is 0.335 e. The molecule has 12 nitrogen and oxygen atoms in total. The number of benzene rings is 4. The highest BCUT2D eigenvalue weighted by Gasteiger charge is 2.18. The third-order valence-corrected chi connectivity index (χ3v) is 10.3. The molecule has 0 radical (unpaired) electrons. The van der Waals surface area contributed by atoms with E-state index < -0.39 is 23.9 Å². The summed E-state index contributed by atoms with van der Waals surface area (Å²) < 4.78 is 0. The van der Waals surface area contributed by atoms with Gasteiger partial charge in [-0.2, -0.15) is 0 Å². The number of H-pyrrole nitrogens is 1. The molecule has 0 spiro atoms. The molecular formula is C48H29N4O8-. The van der Waals surface area contributed by atoms with E-state index in [0.29, 0.717) is 89.4 Å². The second-order valence-corrected chi connectivity index (χ2v) is 14.0. The van der Waals surface area contributed by atoms with Crippen LogP contribution in [0.2, 0.25) is 0 Å². The Balaban J connectivity index is 1.42. The predicted molar refractivity (Wildman–Crippen MR) is 227 cm³/mol. The number of nitrogens with zero attached hydrogens (tertiary/aromatic N) is 3. The van der Waals surface area contributed by atoms with Crippen LogP contribution in [-0.2, 0) is 0 Å². The molecule has 0 unspecified atom stereocenters. The van der Waals surface area contributed by atoms with Crippen molar-refractivity contribution >= 4 is 70.2 Å². The van der Waals surface area contributed by atoms with Crippen LogP contribution < -0.4 is 4.98 Å². The van der Waals surface area contributed by atoms with Crippen molar-refractivity contribution in [1.82, 2.24) is 19.9 Å². The fourth-order valence-electron chi connectivity index (χ4n) is 7.41. The number of rotatable bonds is 8. The first-order valence-electron chi connectivity index (χ1n) is 18.5. The lowest BCUT2D eigenvalue weighted by molar-refractivity contribution is 0.0686. The van der Waals surface area contributed by atoms with E-state index in [9.17, 15) is 39.6 Å². The van der Waals surface area contributed by atoms with Gasteiger partial charge in [-0.05, 0) is 118 Å². The van der Waals surface area contributed by atoms with Gasteiger partial charge in [0.05, 0.1) is 45.0 Å². The minimum atomic E-state index is -1.08. The number of hydrogen-bond donors (Lipinski definition) is 5. The molecule has 5 heterocycles. The number of fused-ring (bicyclic) bond motifs is 8. The zero-order chi connectivity index (χ0) is 41.7. The monoisotopic (exact) mass is 789 g/mol. The quantitative estimate of drug-likeness (QED) is 0.0980. The van der Waals surface area contributed by atoms with Gasteiger partial charge in [0.25, 0.3) is 0 Å². The van der Waals surface area contributed by atoms with Crippen molar-refractivity contribution in [3.8, 4) is 44.5 Å². The Morgan fingerprint density at radius 2 is 0.800 bits per heavy atom. The van der Waals surface area contributed by atoms with Crippen molar-refractivity contribution < 1.29 is 39.6 Å². The number of hydrogen-bond acceptors (Lipinski definition) is 6. The summed E-state index contributed by atoms with van der Waals surface area (Å²) in [6, 6.07) is 33.3. The molecule has 0 fully saturated rings. The van der Waals surface area contributed by atoms with E-state index in [1.807, 2.05) is 48.6 Å². The molecule has 12 heteroatoms. The van der Waals surface area contributed by atoms with Gasteiger partial charge in [0.1, 0.15) is 0 Å². The van der Waals surface area contributed by atoms with Gasteiger partial charge in [-0.15, -0.1) is 11.0 Å². The highest BCUT2D eigenvalue weighted by Crippen LogP contribution is 2.38. The molecule has 0 aliphatic carbocycles. The van der Waals surface area contributed by atoms with Crippen LogP contribution in [0.4, 0.5) is 0 Å². The summed E-state index contributed by atoms with van der Waals surface area (Å²) in [5.41, 5.74) is 10.3. The number of carboxylic acids is 4. The summed E-state index contributed by atoms with van der Waals surface area (Å²) in [6.45, 7) is 0. The van der Waals surface area contributed by atoms with Gasteiger partial charge in [-0.25, -0.2) is 29.1 Å². The van der Waals surface area contributed by atoms with Gasteiger partial charge in [-0.1, -0.05) is 60.7 Å². The topological polar surface area (TPSA) is 205 Å². The van der Waals surface area contributed by atoms with E-state index >= 15 is 0 Å². The van der Waals surface area contributed by atoms with E-state index in [2.05, 4.69) is 4.98 Å². The lowest BCUT2D eigenvalue weighted by atomic mass is 10.0. The van der Waals surface area contributed by atoms with Crippen molar-refractivity contribution in [2.75, 3.05) is 0 Å². The van der Waals surface area contributed by atoms with Crippen LogP contribution in [0.5, 0.6) is 0 Å². The van der Waals surface area contributed by atoms with Crippen LogP contribution in [0.25, 0.3) is 90.9 Å². The minimum absolute atomic E-state index is 0.0995. The minimum Gasteiger partial charge on any atom is -0.657 e. The van der Waals surface area contributed by atoms with Crippen LogP contribution in [0.15, 0.2) is 121 Å². The standard InChI is InChI=1S/C48H30N4O8/c53-45(54)29-9-1-25(2-10-29)34-24-41-44(28-7-15-32(16-8-28)48(59)60)39-22-21-38(51-39)43(27-5-13-31(14-6-27)47(57)58)37-20-19-36(50-37)42(26-3-11-30(12-4-26)46(55)56)35-18-17-33(49-35)23-40(34)52-41/h1-24H,(H6,49,50,51,52,53,54,55,56,57,58,59,60)/p-1. The summed E-state index contributed by atoms with van der Waals surface area (Å²) in [4.78, 5) is 66.1. The Kier molecular flexibility index (Phi) is 9.06. The van der Waals surface area contributed by atoms with E-state index in [0.717, 1.165) is 0 Å². The fourth-order valence-corrected chi connectivity index (χ4v) is 7.41. The van der Waals surface area contributed by atoms with Gasteiger partial charge in [0.2, 0.25) is 0 Å². The van der Waals surface area contributed by atoms with Gasteiger partial charge in [0.15, 0.2) is 0 Å². The molecular weight excluding hydrogens is 761 g/mol. The fraction of sp³-hybridized carbons (Fsp3) is 0. The molecule has 2 aliphatic heterocycles. The molecule has 0 saturated heterocycles. The number of carbonyl (C=O) groups is 4. The van der Waals surface area contributed by atoms with Crippen molar-refractivity contribution in [3.05, 3.63) is 166 Å². The molecule has 7 aromatic rings. The van der Waals surface area contributed by atoms with Gasteiger partial charge >= 0.3 is 23.9 Å². The molecule has 2 aliphatic rings. The zero-order valence-electron chi connectivity index (χ0n) is 31.1. The molecule has 0 amide bonds. The highest BCUT2D eigenvalue weighted by molar-refractivity contribution is 6.01. The maximum Gasteiger partial charge on any atom is 0.335 e. The number of nitrogens with one attached hydrogen (secondary N) is 1. The lowest BCUT2D eigenvalue weighted by Gasteiger charge is -2.10. The highest BCUT2D eigenvalue weighted by atomic mass is 16.4. The molecule has 0 atom stereocenters. The molecule has 8 bridgehead atoms. The second-order valence-electron chi connectivity index (χ2n) is 14.0. The van der Waals surface area contributed by atoms with E-state index in [1.54, 1.807) is 48.5 Å². The molecule has 290 valence electrons. The van der Waals surface area contributed by atoms with Crippen LogP contribution in [0.1, 0.15) is 64.2 Å². The third kappa shape index (κ3) is 6.79. The van der Waals surface area contributed by atoms with Crippen molar-refractivity contribution in [2.24, 2.45) is 0 Å². The Morgan fingerprint density at radius 3 is 1.25 bits per heavy atom. The first kappa shape index (κ1) is 37.0. The lowest BCUT2D eigenvalue weighted by Crippen LogP contribution is -1.96. The van der Waals surface area contributed by atoms with E-state index in [-0.39, 0.29) is 22.3 Å². The van der Waals surface area contributed by atoms with Gasteiger partial charge < -0.3 is 30.4 Å². The Labute approximate surface area is 339 Å². The second kappa shape index (κ2) is 14.7. The zero-order valence-corrected chi connectivity index (χ0v) is 31.1. The Morgan fingerprint density at radius 1 is 0.417 bits per heavy atom. The molecule has 0 saturated carbocycles. The summed E-state index contributed by atoms with van der Waals surface area (Å²) >= 11 is 0. The Bertz CT molecular complexity index is 3180. The predicted octanol–water partition coefficient (Wildman–Crippen LogP) is 9.75. The average Bonchev–Trinajstić information content (AvgIpc) is 4.09. The van der Waals surface area contributed by atoms with Gasteiger partial charge in [0, 0.05) is 22.2 Å². The van der Waals surface area contributed by atoms with E-state index in [4.69, 9.17) is 15.0 Å². The van der Waals surface area contributed by atoms with Crippen molar-refractivity contribution in [3.63, 3.8) is 0 Å². The molecule has 3 aromatic heterocycles. The summed E-state index contributed by atoms with van der Waals surface area (Å²) in [6.07, 6.45) is 7.39. The number of carboxylic acid groups (broad SMARTS) is 4. The largest absolute Gasteiger partial charge is 0.657 e. The van der Waals surface area contributed by atoms with Crippen molar-refractivity contribution in [1.29, 1.82) is 0 Å². The number of aromatic nitrogens is 4.